The van der Waals surface area contributed by atoms with Gasteiger partial charge in [-0.05, 0) is 19.4 Å². The molecule has 0 aliphatic carbocycles. The molecule has 1 saturated heterocycles. The van der Waals surface area contributed by atoms with Crippen LogP contribution in [0.2, 0.25) is 0 Å². The second kappa shape index (κ2) is 5.28. The van der Waals surface area contributed by atoms with Crippen molar-refractivity contribution in [1.29, 1.82) is 0 Å². The third-order valence-electron chi connectivity index (χ3n) is 3.82. The second-order valence-electron chi connectivity index (χ2n) is 5.06. The third kappa shape index (κ3) is 2.12. The Morgan fingerprint density at radius 3 is 3.06 bits per heavy atom. The zero-order valence-corrected chi connectivity index (χ0v) is 11.4. The first-order valence-corrected chi connectivity index (χ1v) is 6.66. The summed E-state index contributed by atoms with van der Waals surface area (Å²) in [6, 6.07) is 0. The molecule has 2 unspecified atom stereocenters. The summed E-state index contributed by atoms with van der Waals surface area (Å²) in [5.74, 6) is 0.840. The summed E-state index contributed by atoms with van der Waals surface area (Å²) < 4.78 is 7.26. The van der Waals surface area contributed by atoms with Gasteiger partial charge in [0.1, 0.15) is 11.3 Å². The molecule has 1 aromatic rings. The van der Waals surface area contributed by atoms with Gasteiger partial charge in [0.25, 0.3) is 0 Å². The molecular weight excluding hydrogens is 230 g/mol. The van der Waals surface area contributed by atoms with Crippen molar-refractivity contribution >= 4 is 0 Å². The fourth-order valence-corrected chi connectivity index (χ4v) is 2.70. The van der Waals surface area contributed by atoms with Crippen LogP contribution in [0, 0.1) is 5.92 Å². The van der Waals surface area contributed by atoms with E-state index in [-0.39, 0.29) is 5.92 Å². The SMILES string of the molecule is CCCn1ncc(OC)c1C1(O)CCNCC1C. The first kappa shape index (κ1) is 13.4. The molecule has 0 bridgehead atoms. The lowest BCUT2D eigenvalue weighted by Crippen LogP contribution is -2.48. The van der Waals surface area contributed by atoms with Gasteiger partial charge >= 0.3 is 0 Å². The maximum Gasteiger partial charge on any atom is 0.162 e. The van der Waals surface area contributed by atoms with E-state index in [1.165, 1.54) is 0 Å². The van der Waals surface area contributed by atoms with Crippen LogP contribution in [-0.4, -0.2) is 35.1 Å². The highest BCUT2D eigenvalue weighted by Gasteiger charge is 2.42. The fraction of sp³-hybridized carbons (Fsp3) is 0.769. The smallest absolute Gasteiger partial charge is 0.162 e. The van der Waals surface area contributed by atoms with E-state index in [0.29, 0.717) is 12.2 Å². The first-order valence-electron chi connectivity index (χ1n) is 6.66. The van der Waals surface area contributed by atoms with Crippen molar-refractivity contribution in [1.82, 2.24) is 15.1 Å². The van der Waals surface area contributed by atoms with Crippen LogP contribution in [0.25, 0.3) is 0 Å². The maximum atomic E-state index is 11.0. The lowest BCUT2D eigenvalue weighted by Gasteiger charge is -2.39. The maximum absolute atomic E-state index is 11.0. The van der Waals surface area contributed by atoms with E-state index >= 15 is 0 Å². The summed E-state index contributed by atoms with van der Waals surface area (Å²) in [5, 5.41) is 18.7. The number of hydrogen-bond acceptors (Lipinski definition) is 4. The van der Waals surface area contributed by atoms with Crippen molar-refractivity contribution in [3.8, 4) is 5.75 Å². The van der Waals surface area contributed by atoms with Gasteiger partial charge in [-0.2, -0.15) is 5.10 Å². The highest BCUT2D eigenvalue weighted by Crippen LogP contribution is 2.39. The summed E-state index contributed by atoms with van der Waals surface area (Å²) in [7, 11) is 1.63. The van der Waals surface area contributed by atoms with Crippen molar-refractivity contribution in [2.45, 2.75) is 38.8 Å². The molecule has 18 heavy (non-hydrogen) atoms. The van der Waals surface area contributed by atoms with E-state index in [2.05, 4.69) is 24.3 Å². The number of aryl methyl sites for hydroxylation is 1. The van der Waals surface area contributed by atoms with Crippen LogP contribution in [-0.2, 0) is 12.1 Å². The van der Waals surface area contributed by atoms with Gasteiger partial charge in [0.05, 0.1) is 13.3 Å². The average Bonchev–Trinajstić information content (AvgIpc) is 2.77. The van der Waals surface area contributed by atoms with Gasteiger partial charge in [-0.3, -0.25) is 4.68 Å². The Balaban J connectivity index is 2.43. The van der Waals surface area contributed by atoms with Crippen LogP contribution in [0.1, 0.15) is 32.4 Å². The van der Waals surface area contributed by atoms with Gasteiger partial charge in [-0.15, -0.1) is 0 Å². The van der Waals surface area contributed by atoms with Gasteiger partial charge in [-0.1, -0.05) is 13.8 Å². The van der Waals surface area contributed by atoms with Crippen molar-refractivity contribution in [2.75, 3.05) is 20.2 Å². The monoisotopic (exact) mass is 253 g/mol. The molecule has 0 amide bonds. The van der Waals surface area contributed by atoms with Gasteiger partial charge in [0.2, 0.25) is 0 Å². The number of aliphatic hydroxyl groups is 1. The van der Waals surface area contributed by atoms with Crippen LogP contribution in [0.3, 0.4) is 0 Å². The van der Waals surface area contributed by atoms with Gasteiger partial charge in [-0.25, -0.2) is 0 Å². The van der Waals surface area contributed by atoms with Gasteiger partial charge in [0, 0.05) is 19.0 Å². The molecule has 5 nitrogen and oxygen atoms in total. The molecule has 2 heterocycles. The quantitative estimate of drug-likeness (QED) is 0.844. The molecule has 1 aromatic heterocycles. The number of aromatic nitrogens is 2. The normalized spacial score (nSPS) is 28.3. The summed E-state index contributed by atoms with van der Waals surface area (Å²) in [4.78, 5) is 0. The van der Waals surface area contributed by atoms with Crippen LogP contribution >= 0.6 is 0 Å². The number of methoxy groups -OCH3 is 1. The molecule has 0 aromatic carbocycles. The summed E-state index contributed by atoms with van der Waals surface area (Å²) in [6.45, 7) is 6.61. The van der Waals surface area contributed by atoms with E-state index in [1.807, 2.05) is 4.68 Å². The van der Waals surface area contributed by atoms with Crippen LogP contribution in [0.15, 0.2) is 6.20 Å². The van der Waals surface area contributed by atoms with E-state index in [4.69, 9.17) is 4.74 Å². The summed E-state index contributed by atoms with van der Waals surface area (Å²) in [6.07, 6.45) is 3.39. The molecule has 0 radical (unpaired) electrons. The van der Waals surface area contributed by atoms with E-state index in [9.17, 15) is 5.11 Å². The molecule has 2 N–H and O–H groups in total. The van der Waals surface area contributed by atoms with Crippen LogP contribution in [0.4, 0.5) is 0 Å². The Morgan fingerprint density at radius 1 is 1.67 bits per heavy atom. The second-order valence-corrected chi connectivity index (χ2v) is 5.06. The number of nitrogens with zero attached hydrogens (tertiary/aromatic N) is 2. The fourth-order valence-electron chi connectivity index (χ4n) is 2.70. The van der Waals surface area contributed by atoms with E-state index in [1.54, 1.807) is 13.3 Å². The minimum Gasteiger partial charge on any atom is -0.493 e. The van der Waals surface area contributed by atoms with Gasteiger partial charge < -0.3 is 15.2 Å². The minimum absolute atomic E-state index is 0.146. The molecule has 0 spiro atoms. The van der Waals surface area contributed by atoms with Crippen molar-refractivity contribution in [3.05, 3.63) is 11.9 Å². The molecule has 1 fully saturated rings. The minimum atomic E-state index is -0.845. The number of nitrogens with one attached hydrogen (secondary N) is 1. The molecule has 102 valence electrons. The van der Waals surface area contributed by atoms with Crippen LogP contribution < -0.4 is 10.1 Å². The predicted octanol–water partition coefficient (Wildman–Crippen LogP) is 1.12. The molecule has 5 heteroatoms. The molecule has 1 aliphatic rings. The summed E-state index contributed by atoms with van der Waals surface area (Å²) >= 11 is 0. The van der Waals surface area contributed by atoms with Crippen molar-refractivity contribution < 1.29 is 9.84 Å². The molecule has 2 rings (SSSR count). The zero-order valence-electron chi connectivity index (χ0n) is 11.4. The number of piperidine rings is 1. The highest BCUT2D eigenvalue weighted by atomic mass is 16.5. The lowest BCUT2D eigenvalue weighted by atomic mass is 9.80. The van der Waals surface area contributed by atoms with E-state index in [0.717, 1.165) is 31.7 Å². The largest absolute Gasteiger partial charge is 0.493 e. The predicted molar refractivity (Wildman–Crippen MR) is 69.6 cm³/mol. The zero-order chi connectivity index (χ0) is 13.2. The molecule has 0 saturated carbocycles. The highest BCUT2D eigenvalue weighted by molar-refractivity contribution is 5.32. The Bertz CT molecular complexity index is 405. The topological polar surface area (TPSA) is 59.3 Å². The van der Waals surface area contributed by atoms with Gasteiger partial charge in [0.15, 0.2) is 5.75 Å². The standard InChI is InChI=1S/C13H23N3O2/c1-4-7-16-12(11(18-3)9-15-16)13(17)5-6-14-8-10(13)2/h9-10,14,17H,4-8H2,1-3H3. The van der Waals surface area contributed by atoms with Crippen molar-refractivity contribution in [2.24, 2.45) is 5.92 Å². The molecule has 2 atom stereocenters. The Hall–Kier alpha value is -1.07. The third-order valence-corrected chi connectivity index (χ3v) is 3.82. The number of rotatable bonds is 4. The lowest BCUT2D eigenvalue weighted by molar-refractivity contribution is -0.0481. The number of ether oxygens (including phenoxy) is 1. The molecular formula is C13H23N3O2. The first-order chi connectivity index (χ1) is 8.63. The number of hydrogen-bond donors (Lipinski definition) is 2. The molecule has 1 aliphatic heterocycles. The van der Waals surface area contributed by atoms with Crippen LogP contribution in [0.5, 0.6) is 5.75 Å². The van der Waals surface area contributed by atoms with Crippen molar-refractivity contribution in [3.63, 3.8) is 0 Å². The Morgan fingerprint density at radius 2 is 2.44 bits per heavy atom. The average molecular weight is 253 g/mol. The Labute approximate surface area is 108 Å². The van der Waals surface area contributed by atoms with E-state index < -0.39 is 5.60 Å². The summed E-state index contributed by atoms with van der Waals surface area (Å²) in [5.41, 5.74) is -0.0109. The Kier molecular flexibility index (Phi) is 3.92.